The summed E-state index contributed by atoms with van der Waals surface area (Å²) in [7, 11) is 0. The fourth-order valence-electron chi connectivity index (χ4n) is 5.17. The van der Waals surface area contributed by atoms with Crippen LogP contribution in [0.25, 0.3) is 11.1 Å². The van der Waals surface area contributed by atoms with Crippen molar-refractivity contribution in [1.82, 2.24) is 0 Å². The first-order valence-corrected chi connectivity index (χ1v) is 10.7. The van der Waals surface area contributed by atoms with Crippen LogP contribution in [0.1, 0.15) is 45.2 Å². The van der Waals surface area contributed by atoms with Crippen molar-refractivity contribution in [2.45, 2.75) is 11.8 Å². The first kappa shape index (κ1) is 17.6. The molecule has 0 amide bonds. The topological polar surface area (TPSA) is 0 Å². The lowest BCUT2D eigenvalue weighted by molar-refractivity contribution is 0.756. The van der Waals surface area contributed by atoms with Crippen molar-refractivity contribution in [3.8, 4) is 11.1 Å². The lowest BCUT2D eigenvalue weighted by Gasteiger charge is -2.43. The normalized spacial score (nSPS) is 18.2. The molecule has 0 spiro atoms. The van der Waals surface area contributed by atoms with E-state index in [1.165, 1.54) is 38.9 Å². The lowest BCUT2D eigenvalue weighted by Crippen LogP contribution is -2.28. The second-order valence-corrected chi connectivity index (χ2v) is 8.88. The Morgan fingerprint density at radius 1 is 0.517 bits per heavy atom. The fourth-order valence-corrected chi connectivity index (χ4v) is 5.77. The predicted molar refractivity (Wildman–Crippen MR) is 122 cm³/mol. The molecule has 3 aliphatic carbocycles. The maximum Gasteiger partial charge on any atom is 0.0778 e. The molecule has 0 saturated carbocycles. The number of hydrogen-bond acceptors (Lipinski definition) is 0. The Hall–Kier alpha value is -2.25. The van der Waals surface area contributed by atoms with Crippen molar-refractivity contribution < 1.29 is 0 Å². The summed E-state index contributed by atoms with van der Waals surface area (Å²) in [5.41, 5.74) is 10.5. The molecule has 29 heavy (non-hydrogen) atoms. The second-order valence-electron chi connectivity index (χ2n) is 7.69. The Kier molecular flexibility index (Phi) is 3.87. The lowest BCUT2D eigenvalue weighted by atomic mass is 9.60. The number of rotatable bonds is 1. The molecule has 0 radical (unpaired) electrons. The molecule has 0 unspecified atom stereocenters. The molecule has 0 aliphatic heterocycles. The van der Waals surface area contributed by atoms with Gasteiger partial charge in [-0.1, -0.05) is 102 Å². The van der Waals surface area contributed by atoms with E-state index in [1.54, 1.807) is 0 Å². The van der Waals surface area contributed by atoms with Crippen molar-refractivity contribution >= 4 is 34.8 Å². The molecule has 0 fully saturated rings. The van der Waals surface area contributed by atoms with Crippen molar-refractivity contribution in [3.05, 3.63) is 127 Å². The first-order chi connectivity index (χ1) is 14.1. The van der Waals surface area contributed by atoms with Crippen molar-refractivity contribution in [3.63, 3.8) is 0 Å². The van der Waals surface area contributed by atoms with Crippen LogP contribution in [0.3, 0.4) is 0 Å². The maximum atomic E-state index is 6.38. The van der Waals surface area contributed by atoms with Gasteiger partial charge in [-0.25, -0.2) is 0 Å². The summed E-state index contributed by atoms with van der Waals surface area (Å²) >= 11 is 19.0. The minimum absolute atomic E-state index is 0.201. The van der Waals surface area contributed by atoms with Gasteiger partial charge in [0.2, 0.25) is 0 Å². The molecule has 2 bridgehead atoms. The zero-order valence-electron chi connectivity index (χ0n) is 15.3. The minimum Gasteiger partial charge on any atom is -0.0826 e. The summed E-state index contributed by atoms with van der Waals surface area (Å²) in [6, 6.07) is 28.1. The minimum atomic E-state index is 0.201. The van der Waals surface area contributed by atoms with Crippen LogP contribution in [0.2, 0.25) is 15.1 Å². The molecule has 0 saturated heterocycles. The summed E-state index contributed by atoms with van der Waals surface area (Å²) in [5.74, 6) is 0.451. The van der Waals surface area contributed by atoms with E-state index in [0.29, 0.717) is 15.1 Å². The predicted octanol–water partition coefficient (Wildman–Crippen LogP) is 8.30. The SMILES string of the molecule is Clc1cc(-c2cccc3c2C2c4ccccc4C3c3ccccc32)cc(Cl)c1Cl. The molecule has 0 aromatic heterocycles. The summed E-state index contributed by atoms with van der Waals surface area (Å²) in [4.78, 5) is 0. The van der Waals surface area contributed by atoms with Gasteiger partial charge in [-0.05, 0) is 56.6 Å². The Labute approximate surface area is 184 Å². The Balaban J connectivity index is 1.68. The van der Waals surface area contributed by atoms with Gasteiger partial charge in [0, 0.05) is 11.8 Å². The van der Waals surface area contributed by atoms with E-state index in [-0.39, 0.29) is 11.8 Å². The highest BCUT2D eigenvalue weighted by Crippen LogP contribution is 2.57. The van der Waals surface area contributed by atoms with Crippen LogP contribution in [-0.2, 0) is 0 Å². The van der Waals surface area contributed by atoms with Gasteiger partial charge in [0.1, 0.15) is 0 Å². The third kappa shape index (κ3) is 2.40. The Bertz CT molecular complexity index is 1230. The molecule has 140 valence electrons. The van der Waals surface area contributed by atoms with Gasteiger partial charge in [-0.2, -0.15) is 0 Å². The van der Waals surface area contributed by atoms with Gasteiger partial charge in [0.25, 0.3) is 0 Å². The summed E-state index contributed by atoms with van der Waals surface area (Å²) < 4.78 is 0. The molecule has 0 heterocycles. The van der Waals surface area contributed by atoms with Gasteiger partial charge >= 0.3 is 0 Å². The third-order valence-corrected chi connectivity index (χ3v) is 7.47. The van der Waals surface area contributed by atoms with Gasteiger partial charge in [0.15, 0.2) is 0 Å². The highest BCUT2D eigenvalue weighted by molar-refractivity contribution is 6.48. The van der Waals surface area contributed by atoms with Crippen LogP contribution in [0.5, 0.6) is 0 Å². The highest BCUT2D eigenvalue weighted by atomic mass is 35.5. The molecule has 3 heteroatoms. The molecule has 0 N–H and O–H groups in total. The zero-order valence-corrected chi connectivity index (χ0v) is 17.6. The molecule has 4 aromatic carbocycles. The Morgan fingerprint density at radius 3 is 1.55 bits per heavy atom. The zero-order chi connectivity index (χ0) is 19.7. The first-order valence-electron chi connectivity index (χ1n) is 9.60. The molecule has 7 rings (SSSR count). The molecule has 3 aliphatic rings. The van der Waals surface area contributed by atoms with Crippen molar-refractivity contribution in [2.24, 2.45) is 0 Å². The average molecular weight is 434 g/mol. The van der Waals surface area contributed by atoms with E-state index >= 15 is 0 Å². The number of halogens is 3. The molecular formula is C26H15Cl3. The van der Waals surface area contributed by atoms with Gasteiger partial charge in [-0.3, -0.25) is 0 Å². The van der Waals surface area contributed by atoms with Crippen LogP contribution in [0.15, 0.2) is 78.9 Å². The van der Waals surface area contributed by atoms with E-state index in [1.807, 2.05) is 12.1 Å². The molecule has 0 nitrogen and oxygen atoms in total. The van der Waals surface area contributed by atoms with Crippen LogP contribution >= 0.6 is 34.8 Å². The smallest absolute Gasteiger partial charge is 0.0778 e. The molecular weight excluding hydrogens is 419 g/mol. The van der Waals surface area contributed by atoms with Crippen molar-refractivity contribution in [2.75, 3.05) is 0 Å². The van der Waals surface area contributed by atoms with Crippen molar-refractivity contribution in [1.29, 1.82) is 0 Å². The third-order valence-electron chi connectivity index (χ3n) is 6.27. The Morgan fingerprint density at radius 2 is 1.00 bits per heavy atom. The average Bonchev–Trinajstić information content (AvgIpc) is 2.76. The summed E-state index contributed by atoms with van der Waals surface area (Å²) in [6.45, 7) is 0. The monoisotopic (exact) mass is 432 g/mol. The van der Waals surface area contributed by atoms with Crippen LogP contribution in [0, 0.1) is 0 Å². The largest absolute Gasteiger partial charge is 0.0826 e. The van der Waals surface area contributed by atoms with E-state index in [9.17, 15) is 0 Å². The van der Waals surface area contributed by atoms with Gasteiger partial charge in [0.05, 0.1) is 15.1 Å². The van der Waals surface area contributed by atoms with E-state index < -0.39 is 0 Å². The highest BCUT2D eigenvalue weighted by Gasteiger charge is 2.42. The standard InChI is InChI=1S/C26H15Cl3/c27-21-12-14(13-22(28)26(21)29)15-10-5-11-20-23-16-6-1-3-8-18(16)25(24(15)20)19-9-4-2-7-17(19)23/h1-13,23,25H. The molecule has 0 atom stereocenters. The summed E-state index contributed by atoms with van der Waals surface area (Å²) in [6.07, 6.45) is 0. The quantitative estimate of drug-likeness (QED) is 0.229. The fraction of sp³-hybridized carbons (Fsp3) is 0.0769. The summed E-state index contributed by atoms with van der Waals surface area (Å²) in [5, 5.41) is 1.36. The van der Waals surface area contributed by atoms with Crippen LogP contribution < -0.4 is 0 Å². The van der Waals surface area contributed by atoms with Gasteiger partial charge < -0.3 is 0 Å². The molecule has 4 aromatic rings. The second kappa shape index (κ2) is 6.37. The maximum absolute atomic E-state index is 6.38. The van der Waals surface area contributed by atoms with Crippen LogP contribution in [-0.4, -0.2) is 0 Å². The van der Waals surface area contributed by atoms with Crippen LogP contribution in [0.4, 0.5) is 0 Å². The number of benzene rings is 4. The number of hydrogen-bond donors (Lipinski definition) is 0. The van der Waals surface area contributed by atoms with E-state index in [2.05, 4.69) is 66.7 Å². The van der Waals surface area contributed by atoms with Gasteiger partial charge in [-0.15, -0.1) is 0 Å². The van der Waals surface area contributed by atoms with E-state index in [4.69, 9.17) is 34.8 Å². The van der Waals surface area contributed by atoms with E-state index in [0.717, 1.165) is 5.56 Å².